The number of aromatic nitrogens is 2. The van der Waals surface area contributed by atoms with Gasteiger partial charge in [0.05, 0.1) is 5.39 Å². The number of carbonyl (C=O) groups is 1. The van der Waals surface area contributed by atoms with E-state index >= 15 is 0 Å². The first-order chi connectivity index (χ1) is 14.1. The summed E-state index contributed by atoms with van der Waals surface area (Å²) >= 11 is 1.76. The second-order valence-corrected chi connectivity index (χ2v) is 11.3. The van der Waals surface area contributed by atoms with Crippen LogP contribution in [0.1, 0.15) is 62.3 Å². The molecule has 0 aliphatic heterocycles. The minimum Gasteiger partial charge on any atom is -0.467 e. The Morgan fingerprint density at radius 1 is 1.21 bits per heavy atom. The highest BCUT2D eigenvalue weighted by atomic mass is 32.1. The van der Waals surface area contributed by atoms with Crippen molar-refractivity contribution in [1.82, 2.24) is 15.3 Å². The Labute approximate surface area is 175 Å². The summed E-state index contributed by atoms with van der Waals surface area (Å²) in [5.74, 6) is 3.79. The van der Waals surface area contributed by atoms with Crippen molar-refractivity contribution in [3.63, 3.8) is 0 Å². The van der Waals surface area contributed by atoms with Gasteiger partial charge < -0.3 is 10.1 Å². The van der Waals surface area contributed by atoms with Crippen LogP contribution < -0.4 is 10.1 Å². The van der Waals surface area contributed by atoms with Gasteiger partial charge in [0.15, 0.2) is 6.61 Å². The van der Waals surface area contributed by atoms with Gasteiger partial charge in [-0.05, 0) is 87.0 Å². The predicted molar refractivity (Wildman–Crippen MR) is 113 cm³/mol. The van der Waals surface area contributed by atoms with E-state index < -0.39 is 0 Å². The molecule has 4 saturated carbocycles. The Morgan fingerprint density at radius 3 is 2.66 bits per heavy atom. The summed E-state index contributed by atoms with van der Waals surface area (Å²) in [5.41, 5.74) is 1.38. The SMILES string of the molecule is C[C@H]1CCc2c(sc3ncnc(OCC(=O)NC45CC6CC(CC(C6)C4)C5)c23)C1. The first-order valence-corrected chi connectivity index (χ1v) is 12.1. The zero-order valence-electron chi connectivity index (χ0n) is 17.1. The zero-order valence-corrected chi connectivity index (χ0v) is 17.9. The lowest BCUT2D eigenvalue weighted by atomic mass is 9.53. The van der Waals surface area contributed by atoms with Crippen LogP contribution in [0, 0.1) is 23.7 Å². The van der Waals surface area contributed by atoms with Crippen LogP contribution in [0.5, 0.6) is 5.88 Å². The first-order valence-electron chi connectivity index (χ1n) is 11.3. The van der Waals surface area contributed by atoms with Crippen molar-refractivity contribution in [3.8, 4) is 5.88 Å². The van der Waals surface area contributed by atoms with Crippen LogP contribution in [0.2, 0.25) is 0 Å². The van der Waals surface area contributed by atoms with Crippen LogP contribution in [0.4, 0.5) is 0 Å². The summed E-state index contributed by atoms with van der Waals surface area (Å²) in [5, 5.41) is 4.44. The van der Waals surface area contributed by atoms with Crippen LogP contribution in [-0.4, -0.2) is 28.0 Å². The number of aryl methyl sites for hydroxylation is 1. The molecule has 4 fully saturated rings. The van der Waals surface area contributed by atoms with E-state index in [1.165, 1.54) is 55.4 Å². The van der Waals surface area contributed by atoms with Gasteiger partial charge in [-0.25, -0.2) is 9.97 Å². The number of thiophene rings is 1. The number of ether oxygens (including phenoxy) is 1. The van der Waals surface area contributed by atoms with E-state index in [1.807, 2.05) is 0 Å². The average Bonchev–Trinajstić information content (AvgIpc) is 3.02. The molecule has 154 valence electrons. The van der Waals surface area contributed by atoms with E-state index in [1.54, 1.807) is 17.7 Å². The van der Waals surface area contributed by atoms with E-state index in [0.717, 1.165) is 46.7 Å². The molecule has 2 heterocycles. The van der Waals surface area contributed by atoms with Gasteiger partial charge in [0, 0.05) is 10.4 Å². The van der Waals surface area contributed by atoms with Gasteiger partial charge in [-0.2, -0.15) is 0 Å². The number of nitrogens with one attached hydrogen (secondary N) is 1. The maximum atomic E-state index is 12.8. The highest BCUT2D eigenvalue weighted by Gasteiger charge is 2.51. The van der Waals surface area contributed by atoms with Crippen LogP contribution in [0.15, 0.2) is 6.33 Å². The number of nitrogens with zero attached hydrogens (tertiary/aromatic N) is 2. The molecule has 5 aliphatic carbocycles. The maximum absolute atomic E-state index is 12.8. The lowest BCUT2D eigenvalue weighted by Gasteiger charge is -2.56. The van der Waals surface area contributed by atoms with Crippen LogP contribution in [0.3, 0.4) is 0 Å². The molecule has 5 nitrogen and oxygen atoms in total. The molecule has 0 unspecified atom stereocenters. The minimum absolute atomic E-state index is 0.0106. The molecule has 0 saturated heterocycles. The maximum Gasteiger partial charge on any atom is 0.258 e. The molecule has 2 aromatic heterocycles. The number of rotatable bonds is 4. The van der Waals surface area contributed by atoms with Gasteiger partial charge in [0.25, 0.3) is 5.91 Å². The second kappa shape index (κ2) is 6.66. The Hall–Kier alpha value is -1.69. The van der Waals surface area contributed by atoms with Crippen LogP contribution in [-0.2, 0) is 17.6 Å². The minimum atomic E-state index is 0.0106. The Balaban J connectivity index is 1.18. The lowest BCUT2D eigenvalue weighted by Crippen LogP contribution is -2.60. The second-order valence-electron chi connectivity index (χ2n) is 10.2. The summed E-state index contributed by atoms with van der Waals surface area (Å²) in [6.45, 7) is 2.36. The Kier molecular flexibility index (Phi) is 4.16. The third-order valence-corrected chi connectivity index (χ3v) is 9.00. The predicted octanol–water partition coefficient (Wildman–Crippen LogP) is 4.28. The monoisotopic (exact) mass is 411 g/mol. The van der Waals surface area contributed by atoms with Crippen LogP contribution in [0.25, 0.3) is 10.2 Å². The van der Waals surface area contributed by atoms with E-state index in [2.05, 4.69) is 22.2 Å². The lowest BCUT2D eigenvalue weighted by molar-refractivity contribution is -0.128. The van der Waals surface area contributed by atoms with Crippen LogP contribution >= 0.6 is 11.3 Å². The summed E-state index contributed by atoms with van der Waals surface area (Å²) in [6, 6.07) is 0. The smallest absolute Gasteiger partial charge is 0.258 e. The molecule has 5 aliphatic rings. The van der Waals surface area contributed by atoms with Gasteiger partial charge >= 0.3 is 0 Å². The molecule has 1 atom stereocenters. The zero-order chi connectivity index (χ0) is 19.6. The molecular weight excluding hydrogens is 382 g/mol. The van der Waals surface area contributed by atoms with Crippen molar-refractivity contribution >= 4 is 27.5 Å². The van der Waals surface area contributed by atoms with Gasteiger partial charge in [-0.15, -0.1) is 11.3 Å². The van der Waals surface area contributed by atoms with Crippen molar-refractivity contribution in [2.75, 3.05) is 6.61 Å². The number of amides is 1. The van der Waals surface area contributed by atoms with E-state index in [0.29, 0.717) is 5.88 Å². The Morgan fingerprint density at radius 2 is 1.93 bits per heavy atom. The number of carbonyl (C=O) groups excluding carboxylic acids is 1. The topological polar surface area (TPSA) is 64.1 Å². The molecule has 1 N–H and O–H groups in total. The molecule has 7 rings (SSSR count). The van der Waals surface area contributed by atoms with E-state index in [9.17, 15) is 4.79 Å². The number of fused-ring (bicyclic) bond motifs is 3. The molecule has 0 aromatic carbocycles. The highest BCUT2D eigenvalue weighted by molar-refractivity contribution is 7.18. The molecule has 0 spiro atoms. The fourth-order valence-corrected chi connectivity index (χ4v) is 8.43. The number of hydrogen-bond acceptors (Lipinski definition) is 5. The van der Waals surface area contributed by atoms with Crippen molar-refractivity contribution in [3.05, 3.63) is 16.8 Å². The normalized spacial score (nSPS) is 34.9. The third-order valence-electron chi connectivity index (χ3n) is 7.84. The molecule has 29 heavy (non-hydrogen) atoms. The molecule has 4 bridgehead atoms. The molecular formula is C23H29N3O2S. The average molecular weight is 412 g/mol. The molecule has 0 radical (unpaired) electrons. The van der Waals surface area contributed by atoms with E-state index in [-0.39, 0.29) is 18.1 Å². The van der Waals surface area contributed by atoms with Gasteiger partial charge in [-0.1, -0.05) is 6.92 Å². The molecule has 2 aromatic rings. The number of hydrogen-bond donors (Lipinski definition) is 1. The van der Waals surface area contributed by atoms with Gasteiger partial charge in [0.2, 0.25) is 5.88 Å². The van der Waals surface area contributed by atoms with Crippen molar-refractivity contribution < 1.29 is 9.53 Å². The van der Waals surface area contributed by atoms with E-state index in [4.69, 9.17) is 4.74 Å². The summed E-state index contributed by atoms with van der Waals surface area (Å²) in [7, 11) is 0. The summed E-state index contributed by atoms with van der Waals surface area (Å²) in [4.78, 5) is 24.1. The first kappa shape index (κ1) is 18.1. The quantitative estimate of drug-likeness (QED) is 0.816. The highest BCUT2D eigenvalue weighted by Crippen LogP contribution is 2.55. The standard InChI is InChI=1S/C23H29N3O2S/c1-13-2-3-17-18(4-13)29-22-20(17)21(24-12-25-22)28-11-19(27)26-23-8-14-5-15(9-23)7-16(6-14)10-23/h12-16H,2-11H2,1H3,(H,26,27)/t13-,14?,15?,16?,23?/m0/s1. The van der Waals surface area contributed by atoms with Gasteiger partial charge in [-0.3, -0.25) is 4.79 Å². The van der Waals surface area contributed by atoms with Gasteiger partial charge in [0.1, 0.15) is 11.2 Å². The largest absolute Gasteiger partial charge is 0.467 e. The fourth-order valence-electron chi connectivity index (χ4n) is 7.09. The van der Waals surface area contributed by atoms with Crippen molar-refractivity contribution in [1.29, 1.82) is 0 Å². The van der Waals surface area contributed by atoms with Crippen molar-refractivity contribution in [2.24, 2.45) is 23.7 Å². The summed E-state index contributed by atoms with van der Waals surface area (Å²) in [6.07, 6.45) is 12.6. The van der Waals surface area contributed by atoms with Crippen molar-refractivity contribution in [2.45, 2.75) is 70.3 Å². The summed E-state index contributed by atoms with van der Waals surface area (Å²) < 4.78 is 5.99. The molecule has 6 heteroatoms. The molecule has 1 amide bonds. The fraction of sp³-hybridized carbons (Fsp3) is 0.696. The Bertz CT molecular complexity index is 933. The third kappa shape index (κ3) is 3.15.